The maximum atomic E-state index is 13.4. The van der Waals surface area contributed by atoms with Crippen molar-refractivity contribution in [2.75, 3.05) is 28.4 Å². The van der Waals surface area contributed by atoms with Crippen LogP contribution in [0.1, 0.15) is 36.9 Å². The van der Waals surface area contributed by atoms with Gasteiger partial charge in [0, 0.05) is 34.2 Å². The van der Waals surface area contributed by atoms with Gasteiger partial charge in [-0.1, -0.05) is 35.3 Å². The molecular weight excluding hydrogens is 1120 g/mol. The molecule has 0 N–H and O–H groups in total. The molecule has 70 heavy (non-hydrogen) atoms. The number of halogens is 4. The Kier molecular flexibility index (Phi) is 16.8. The Morgan fingerprint density at radius 2 is 0.929 bits per heavy atom. The van der Waals surface area contributed by atoms with E-state index in [1.165, 1.54) is 53.4 Å². The molecule has 0 radical (unpaired) electrons. The molecule has 0 aliphatic carbocycles. The summed E-state index contributed by atoms with van der Waals surface area (Å²) in [5, 5.41) is 16.3. The molecule has 0 spiro atoms. The fourth-order valence-electron chi connectivity index (χ4n) is 7.15. The summed E-state index contributed by atoms with van der Waals surface area (Å²) in [5.74, 6) is 2.90. The Balaban J connectivity index is 0.000000206. The summed E-state index contributed by atoms with van der Waals surface area (Å²) < 4.78 is 91.5. The number of ether oxygens (including phenoxy) is 4. The van der Waals surface area contributed by atoms with Crippen molar-refractivity contribution in [3.05, 3.63) is 140 Å². The van der Waals surface area contributed by atoms with Gasteiger partial charge in [-0.15, -0.1) is 20.4 Å². The van der Waals surface area contributed by atoms with E-state index < -0.39 is 30.2 Å². The van der Waals surface area contributed by atoms with Crippen LogP contribution in [0.3, 0.4) is 0 Å². The third-order valence-electron chi connectivity index (χ3n) is 10.8. The van der Waals surface area contributed by atoms with Crippen molar-refractivity contribution in [1.29, 1.82) is 0 Å². The van der Waals surface area contributed by atoms with Gasteiger partial charge in [-0.05, 0) is 106 Å². The first kappa shape index (κ1) is 52.1. The summed E-state index contributed by atoms with van der Waals surface area (Å²) in [7, 11) is -1.31. The van der Waals surface area contributed by atoms with Gasteiger partial charge >= 0.3 is 0 Å². The van der Waals surface area contributed by atoms with Gasteiger partial charge in [-0.3, -0.25) is 19.1 Å². The molecule has 2 aromatic carbocycles. The van der Waals surface area contributed by atoms with Crippen LogP contribution in [0.15, 0.2) is 115 Å². The minimum atomic E-state index is -3.69. The molecule has 18 nitrogen and oxygen atoms in total. The predicted octanol–water partition coefficient (Wildman–Crippen LogP) is 9.80. The van der Waals surface area contributed by atoms with Gasteiger partial charge in [0.15, 0.2) is 42.8 Å². The maximum Gasteiger partial charge on any atom is 0.204 e. The van der Waals surface area contributed by atoms with Crippen molar-refractivity contribution in [3.63, 3.8) is 0 Å². The largest absolute Gasteiger partial charge is 0.494 e. The lowest BCUT2D eigenvalue weighted by Gasteiger charge is -2.18. The Labute approximate surface area is 430 Å². The third-order valence-corrected chi connectivity index (χ3v) is 16.7. The number of sulfone groups is 2. The standard InChI is InChI=1S/2C23H22BrClN4O5S/c2*1-14(10-17-16(24)11-15(25)12-26-17)35(30,31)13-21-27-28-23(20-8-5-9-34-20)29(21)22-18(32-2)6-4-7-19(22)33-3/h2*4-9,11-12,14H,10,13H2,1-3H3/t2*14-/m10/s1. The van der Waals surface area contributed by atoms with E-state index in [1.807, 2.05) is 0 Å². The van der Waals surface area contributed by atoms with Gasteiger partial charge in [-0.2, -0.15) is 0 Å². The zero-order valence-electron chi connectivity index (χ0n) is 38.2. The number of para-hydroxylation sites is 2. The van der Waals surface area contributed by atoms with Crippen LogP contribution in [0.4, 0.5) is 0 Å². The smallest absolute Gasteiger partial charge is 0.204 e. The van der Waals surface area contributed by atoms with Crippen LogP contribution < -0.4 is 18.9 Å². The molecule has 0 saturated heterocycles. The van der Waals surface area contributed by atoms with Crippen LogP contribution in [-0.2, 0) is 44.0 Å². The number of nitrogens with zero attached hydrogens (tertiary/aromatic N) is 8. The molecule has 0 fully saturated rings. The zero-order valence-corrected chi connectivity index (χ0v) is 44.5. The topological polar surface area (TPSA) is 219 Å². The van der Waals surface area contributed by atoms with E-state index in [4.69, 9.17) is 51.0 Å². The van der Waals surface area contributed by atoms with Gasteiger partial charge in [0.05, 0.1) is 72.9 Å². The van der Waals surface area contributed by atoms with E-state index in [9.17, 15) is 16.8 Å². The predicted molar refractivity (Wildman–Crippen MR) is 270 cm³/mol. The first-order valence-corrected chi connectivity index (χ1v) is 26.7. The van der Waals surface area contributed by atoms with Gasteiger partial charge in [0.25, 0.3) is 0 Å². The average molecular weight is 1160 g/mol. The molecule has 0 bridgehead atoms. The second-order valence-electron chi connectivity index (χ2n) is 15.3. The van der Waals surface area contributed by atoms with Crippen molar-refractivity contribution < 1.29 is 44.6 Å². The van der Waals surface area contributed by atoms with Crippen LogP contribution in [-0.4, -0.2) is 95.3 Å². The fourth-order valence-corrected chi connectivity index (χ4v) is 11.2. The van der Waals surface area contributed by atoms with Crippen molar-refractivity contribution in [1.82, 2.24) is 39.5 Å². The Morgan fingerprint density at radius 3 is 1.23 bits per heavy atom. The number of hydrogen-bond donors (Lipinski definition) is 0. The van der Waals surface area contributed by atoms with Crippen LogP contribution in [0.2, 0.25) is 10.0 Å². The molecule has 368 valence electrons. The van der Waals surface area contributed by atoms with Crippen LogP contribution in [0, 0.1) is 0 Å². The monoisotopic (exact) mass is 1160 g/mol. The number of pyridine rings is 2. The highest BCUT2D eigenvalue weighted by Gasteiger charge is 2.32. The molecule has 8 aromatic rings. The van der Waals surface area contributed by atoms with E-state index in [0.29, 0.717) is 87.9 Å². The van der Waals surface area contributed by atoms with Crippen LogP contribution in [0.5, 0.6) is 23.0 Å². The molecule has 24 heteroatoms. The van der Waals surface area contributed by atoms with Gasteiger partial charge in [0.2, 0.25) is 11.6 Å². The summed E-state index contributed by atoms with van der Waals surface area (Å²) in [4.78, 5) is 8.53. The summed E-state index contributed by atoms with van der Waals surface area (Å²) in [6.07, 6.45) is 6.36. The molecule has 8 rings (SSSR count). The molecule has 6 heterocycles. The Bertz CT molecular complexity index is 3060. The molecule has 0 aliphatic heterocycles. The highest BCUT2D eigenvalue weighted by molar-refractivity contribution is 9.10. The molecule has 0 amide bonds. The summed E-state index contributed by atoms with van der Waals surface area (Å²) in [6.45, 7) is 3.27. The summed E-state index contributed by atoms with van der Waals surface area (Å²) in [6, 6.07) is 20.7. The fraction of sp³-hybridized carbons (Fsp3) is 0.261. The second-order valence-corrected chi connectivity index (χ2v) is 22.8. The number of benzene rings is 2. The lowest BCUT2D eigenvalue weighted by Crippen LogP contribution is -2.24. The quantitative estimate of drug-likeness (QED) is 0.0780. The third kappa shape index (κ3) is 11.5. The molecule has 6 aromatic heterocycles. The number of aromatic nitrogens is 8. The highest BCUT2D eigenvalue weighted by Crippen LogP contribution is 2.39. The second kappa shape index (κ2) is 22.5. The van der Waals surface area contributed by atoms with Crippen molar-refractivity contribution in [2.24, 2.45) is 0 Å². The molecule has 0 unspecified atom stereocenters. The van der Waals surface area contributed by atoms with Crippen molar-refractivity contribution in [3.8, 4) is 57.5 Å². The number of hydrogen-bond acceptors (Lipinski definition) is 16. The lowest BCUT2D eigenvalue weighted by molar-refractivity contribution is 0.390. The first-order chi connectivity index (χ1) is 33.5. The van der Waals surface area contributed by atoms with Gasteiger partial charge < -0.3 is 27.8 Å². The zero-order chi connectivity index (χ0) is 50.3. The SMILES string of the molecule is COc1cccc(OC)c1-n1c(CS(=O)(=O)[C@@H](C)Cc2ncc(Cl)cc2Br)nnc1-c1ccco1.COc1cccc(OC)c1-n1c(CS(=O)(=O)[C@H](C)Cc2ncc(Cl)cc2Br)nnc1-c1ccco1. The average Bonchev–Trinajstić information content (AvgIpc) is 4.19. The van der Waals surface area contributed by atoms with Crippen LogP contribution >= 0.6 is 55.1 Å². The molecule has 2 atom stereocenters. The van der Waals surface area contributed by atoms with E-state index >= 15 is 0 Å². The maximum absolute atomic E-state index is 13.4. The summed E-state index contributed by atoms with van der Waals surface area (Å²) >= 11 is 18.7. The summed E-state index contributed by atoms with van der Waals surface area (Å²) in [5.41, 5.74) is 2.12. The lowest BCUT2D eigenvalue weighted by atomic mass is 10.2. The minimum Gasteiger partial charge on any atom is -0.494 e. The molecular formula is C46H44Br2Cl2N8O10S2. The Hall–Kier alpha value is -5.78. The minimum absolute atomic E-state index is 0.189. The number of methoxy groups -OCH3 is 4. The van der Waals surface area contributed by atoms with E-state index in [-0.39, 0.29) is 36.0 Å². The van der Waals surface area contributed by atoms with Gasteiger partial charge in [0.1, 0.15) is 45.9 Å². The normalized spacial score (nSPS) is 12.5. The van der Waals surface area contributed by atoms with Crippen molar-refractivity contribution in [2.45, 2.75) is 48.7 Å². The van der Waals surface area contributed by atoms with E-state index in [2.05, 4.69) is 62.2 Å². The van der Waals surface area contributed by atoms with Crippen molar-refractivity contribution >= 4 is 74.7 Å². The highest BCUT2D eigenvalue weighted by atomic mass is 79.9. The molecule has 0 aliphatic rings. The van der Waals surface area contributed by atoms with E-state index in [0.717, 1.165) is 0 Å². The number of furan rings is 2. The van der Waals surface area contributed by atoms with E-state index in [1.54, 1.807) is 95.8 Å². The molecule has 0 saturated carbocycles. The first-order valence-electron chi connectivity index (χ1n) is 20.9. The number of rotatable bonds is 18. The Morgan fingerprint density at radius 1 is 0.571 bits per heavy atom. The van der Waals surface area contributed by atoms with Crippen LogP contribution in [0.25, 0.3) is 34.5 Å². The van der Waals surface area contributed by atoms with Gasteiger partial charge in [-0.25, -0.2) is 16.8 Å².